The number of rotatable bonds is 1. The fraction of sp³-hybridized carbons (Fsp3) is 0.273. The number of nitrogens with one attached hydrogen (secondary N) is 1. The number of phenols is 1. The van der Waals surface area contributed by atoms with Gasteiger partial charge in [-0.1, -0.05) is 13.8 Å². The maximum atomic E-state index is 9.60. The molecule has 3 nitrogen and oxygen atoms in total. The number of fused-ring (bicyclic) bond motifs is 1. The Morgan fingerprint density at radius 2 is 2.07 bits per heavy atom. The Balaban J connectivity index is 2.75. The lowest BCUT2D eigenvalue weighted by atomic mass is 10.1. The summed E-state index contributed by atoms with van der Waals surface area (Å²) in [6.45, 7) is 4.19. The topological polar surface area (TPSA) is 62.0 Å². The highest BCUT2D eigenvalue weighted by Crippen LogP contribution is 2.31. The van der Waals surface area contributed by atoms with Gasteiger partial charge in [-0.2, -0.15) is 0 Å². The van der Waals surface area contributed by atoms with Gasteiger partial charge >= 0.3 is 0 Å². The second-order valence-corrected chi connectivity index (χ2v) is 3.84. The smallest absolute Gasteiger partial charge is 0.139 e. The zero-order valence-corrected chi connectivity index (χ0v) is 8.33. The second-order valence-electron chi connectivity index (χ2n) is 3.84. The summed E-state index contributed by atoms with van der Waals surface area (Å²) in [5, 5.41) is 10.5. The molecule has 0 atom stereocenters. The lowest BCUT2D eigenvalue weighted by molar-refractivity contribution is 0.480. The van der Waals surface area contributed by atoms with Gasteiger partial charge in [0.2, 0.25) is 0 Å². The van der Waals surface area contributed by atoms with Crippen LogP contribution in [0, 0.1) is 0 Å². The largest absolute Gasteiger partial charge is 0.506 e. The van der Waals surface area contributed by atoms with Crippen molar-refractivity contribution in [2.24, 2.45) is 0 Å². The average molecular weight is 190 g/mol. The summed E-state index contributed by atoms with van der Waals surface area (Å²) >= 11 is 0. The van der Waals surface area contributed by atoms with Gasteiger partial charge in [0.25, 0.3) is 0 Å². The van der Waals surface area contributed by atoms with E-state index < -0.39 is 0 Å². The molecule has 0 saturated heterocycles. The molecule has 0 saturated carbocycles. The van der Waals surface area contributed by atoms with Crippen LogP contribution in [0.1, 0.15) is 25.5 Å². The molecule has 0 spiro atoms. The summed E-state index contributed by atoms with van der Waals surface area (Å²) in [5.41, 5.74) is 8.32. The number of hydrogen-bond donors (Lipinski definition) is 3. The summed E-state index contributed by atoms with van der Waals surface area (Å²) < 4.78 is 0. The fourth-order valence-corrected chi connectivity index (χ4v) is 1.56. The molecule has 0 fully saturated rings. The van der Waals surface area contributed by atoms with Gasteiger partial charge in [0, 0.05) is 16.8 Å². The molecular formula is C11H14N2O. The molecule has 3 heteroatoms. The maximum Gasteiger partial charge on any atom is 0.139 e. The van der Waals surface area contributed by atoms with Crippen molar-refractivity contribution in [1.29, 1.82) is 0 Å². The second kappa shape index (κ2) is 2.94. The summed E-state index contributed by atoms with van der Waals surface area (Å²) in [5.74, 6) is 0.655. The van der Waals surface area contributed by atoms with E-state index in [0.29, 0.717) is 11.6 Å². The molecule has 4 N–H and O–H groups in total. The van der Waals surface area contributed by atoms with Crippen LogP contribution in [0.15, 0.2) is 18.2 Å². The van der Waals surface area contributed by atoms with Gasteiger partial charge in [0.15, 0.2) is 0 Å². The number of aromatic amines is 1. The van der Waals surface area contributed by atoms with Crippen LogP contribution >= 0.6 is 0 Å². The van der Waals surface area contributed by atoms with Crippen molar-refractivity contribution in [2.45, 2.75) is 19.8 Å². The minimum absolute atomic E-state index is 0.251. The third-order valence-electron chi connectivity index (χ3n) is 2.45. The van der Waals surface area contributed by atoms with Gasteiger partial charge in [-0.05, 0) is 24.1 Å². The molecule has 0 aliphatic carbocycles. The standard InChI is InChI=1S/C11H14N2O/c1-6(2)9-5-7-8(12)3-4-10(14)11(7)13-9/h3-6,13-14H,12H2,1-2H3. The van der Waals surface area contributed by atoms with E-state index in [2.05, 4.69) is 18.8 Å². The Morgan fingerprint density at radius 3 is 2.64 bits per heavy atom. The van der Waals surface area contributed by atoms with Crippen molar-refractivity contribution in [2.75, 3.05) is 5.73 Å². The van der Waals surface area contributed by atoms with Gasteiger partial charge in [0.05, 0.1) is 5.52 Å². The van der Waals surface area contributed by atoms with Crippen LogP contribution in [-0.2, 0) is 0 Å². The first-order valence-electron chi connectivity index (χ1n) is 4.69. The highest BCUT2D eigenvalue weighted by molar-refractivity contribution is 5.95. The van der Waals surface area contributed by atoms with Crippen molar-refractivity contribution in [3.63, 3.8) is 0 Å². The maximum absolute atomic E-state index is 9.60. The molecule has 0 amide bonds. The van der Waals surface area contributed by atoms with Crippen molar-refractivity contribution >= 4 is 16.6 Å². The Morgan fingerprint density at radius 1 is 1.36 bits per heavy atom. The SMILES string of the molecule is CC(C)c1cc2c(N)ccc(O)c2[nH]1. The molecular weight excluding hydrogens is 176 g/mol. The van der Waals surface area contributed by atoms with E-state index in [4.69, 9.17) is 5.73 Å². The van der Waals surface area contributed by atoms with E-state index in [1.165, 1.54) is 0 Å². The minimum atomic E-state index is 0.251. The summed E-state index contributed by atoms with van der Waals surface area (Å²) in [7, 11) is 0. The number of benzene rings is 1. The van der Waals surface area contributed by atoms with E-state index >= 15 is 0 Å². The van der Waals surface area contributed by atoms with Crippen molar-refractivity contribution < 1.29 is 5.11 Å². The van der Waals surface area contributed by atoms with Crippen molar-refractivity contribution in [1.82, 2.24) is 4.98 Å². The average Bonchev–Trinajstić information content (AvgIpc) is 2.57. The summed E-state index contributed by atoms with van der Waals surface area (Å²) in [6.07, 6.45) is 0. The molecule has 0 aliphatic heterocycles. The molecule has 2 rings (SSSR count). The quantitative estimate of drug-likeness (QED) is 0.478. The van der Waals surface area contributed by atoms with Gasteiger partial charge in [0.1, 0.15) is 5.75 Å². The van der Waals surface area contributed by atoms with Crippen LogP contribution in [-0.4, -0.2) is 10.1 Å². The highest BCUT2D eigenvalue weighted by atomic mass is 16.3. The molecule has 0 radical (unpaired) electrons. The van der Waals surface area contributed by atoms with E-state index in [1.807, 2.05) is 6.07 Å². The summed E-state index contributed by atoms with van der Waals surface area (Å²) in [6, 6.07) is 5.32. The van der Waals surface area contributed by atoms with E-state index in [9.17, 15) is 5.11 Å². The zero-order valence-electron chi connectivity index (χ0n) is 8.33. The van der Waals surface area contributed by atoms with E-state index in [1.54, 1.807) is 12.1 Å². The van der Waals surface area contributed by atoms with Crippen molar-refractivity contribution in [3.8, 4) is 5.75 Å². The lowest BCUT2D eigenvalue weighted by Gasteiger charge is -1.98. The fourth-order valence-electron chi connectivity index (χ4n) is 1.56. The molecule has 2 aromatic rings. The molecule has 0 bridgehead atoms. The molecule has 0 aliphatic rings. The normalized spacial score (nSPS) is 11.4. The number of nitrogen functional groups attached to an aromatic ring is 1. The Labute approximate surface area is 82.6 Å². The predicted octanol–water partition coefficient (Wildman–Crippen LogP) is 2.58. The van der Waals surface area contributed by atoms with E-state index in [0.717, 1.165) is 16.6 Å². The van der Waals surface area contributed by atoms with Crippen LogP contribution < -0.4 is 5.73 Å². The molecule has 14 heavy (non-hydrogen) atoms. The minimum Gasteiger partial charge on any atom is -0.506 e. The van der Waals surface area contributed by atoms with Gasteiger partial charge in [-0.15, -0.1) is 0 Å². The number of phenolic OH excluding ortho intramolecular Hbond substituents is 1. The Bertz CT molecular complexity index is 432. The van der Waals surface area contributed by atoms with Crippen LogP contribution in [0.2, 0.25) is 0 Å². The number of nitrogens with two attached hydrogens (primary N) is 1. The molecule has 1 aromatic carbocycles. The first kappa shape index (κ1) is 8.94. The van der Waals surface area contributed by atoms with Crippen molar-refractivity contribution in [3.05, 3.63) is 23.9 Å². The third-order valence-corrected chi connectivity index (χ3v) is 2.45. The number of aromatic hydroxyl groups is 1. The number of hydrogen-bond acceptors (Lipinski definition) is 2. The lowest BCUT2D eigenvalue weighted by Crippen LogP contribution is -1.84. The number of anilines is 1. The first-order valence-corrected chi connectivity index (χ1v) is 4.69. The molecule has 1 heterocycles. The van der Waals surface area contributed by atoms with Crippen LogP contribution in [0.3, 0.4) is 0 Å². The first-order chi connectivity index (χ1) is 6.59. The Hall–Kier alpha value is -1.64. The monoisotopic (exact) mass is 190 g/mol. The predicted molar refractivity (Wildman–Crippen MR) is 58.5 cm³/mol. The van der Waals surface area contributed by atoms with Gasteiger partial charge in [-0.3, -0.25) is 0 Å². The summed E-state index contributed by atoms with van der Waals surface area (Å²) in [4.78, 5) is 3.17. The van der Waals surface area contributed by atoms with Gasteiger partial charge in [-0.25, -0.2) is 0 Å². The number of H-pyrrole nitrogens is 1. The molecule has 74 valence electrons. The number of aromatic nitrogens is 1. The highest BCUT2D eigenvalue weighted by Gasteiger charge is 2.09. The van der Waals surface area contributed by atoms with Crippen LogP contribution in [0.4, 0.5) is 5.69 Å². The Kier molecular flexibility index (Phi) is 1.88. The van der Waals surface area contributed by atoms with Crippen LogP contribution in [0.25, 0.3) is 10.9 Å². The third kappa shape index (κ3) is 1.21. The van der Waals surface area contributed by atoms with Crippen LogP contribution in [0.5, 0.6) is 5.75 Å². The molecule has 0 unspecified atom stereocenters. The van der Waals surface area contributed by atoms with E-state index in [-0.39, 0.29) is 5.75 Å². The zero-order chi connectivity index (χ0) is 10.3. The van der Waals surface area contributed by atoms with Gasteiger partial charge < -0.3 is 15.8 Å². The molecule has 1 aromatic heterocycles.